The lowest BCUT2D eigenvalue weighted by Crippen LogP contribution is -2.34. The Labute approximate surface area is 53.5 Å². The third-order valence-corrected chi connectivity index (χ3v) is 0.724. The van der Waals surface area contributed by atoms with Gasteiger partial charge in [-0.1, -0.05) is 0 Å². The number of nitrogens with two attached hydrogens (primary N) is 1. The fourth-order valence-electron chi connectivity index (χ4n) is 0.309. The molecule has 0 spiro atoms. The van der Waals surface area contributed by atoms with E-state index in [1.54, 1.807) is 0 Å². The van der Waals surface area contributed by atoms with Gasteiger partial charge < -0.3 is 10.1 Å². The molecule has 5 nitrogen and oxygen atoms in total. The van der Waals surface area contributed by atoms with Crippen LogP contribution in [0, 0.1) is 0 Å². The maximum absolute atomic E-state index is 10.3. The minimum Gasteiger partial charge on any atom is -0.453 e. The number of hydrazine groups is 1. The zero-order valence-electron chi connectivity index (χ0n) is 5.31. The summed E-state index contributed by atoms with van der Waals surface area (Å²) in [6, 6.07) is 0. The Hall–Kier alpha value is -0.810. The Kier molecular flexibility index (Phi) is 4.85. The van der Waals surface area contributed by atoms with Crippen LogP contribution in [-0.2, 0) is 4.74 Å². The molecule has 0 saturated carbocycles. The van der Waals surface area contributed by atoms with Crippen molar-refractivity contribution < 1.29 is 9.53 Å². The second kappa shape index (κ2) is 5.33. The molecule has 0 aliphatic rings. The molecule has 5 heteroatoms. The lowest BCUT2D eigenvalue weighted by molar-refractivity contribution is 0.171. The molecule has 0 fully saturated rings. The van der Waals surface area contributed by atoms with Gasteiger partial charge in [-0.05, 0) is 0 Å². The molecule has 54 valence electrons. The van der Waals surface area contributed by atoms with Crippen molar-refractivity contribution in [3.05, 3.63) is 0 Å². The summed E-state index contributed by atoms with van der Waals surface area (Å²) in [6.45, 7) is 1.01. The number of methoxy groups -OCH3 is 1. The molecule has 4 N–H and O–H groups in total. The molecule has 0 radical (unpaired) electrons. The van der Waals surface area contributed by atoms with Crippen LogP contribution in [0.25, 0.3) is 0 Å². The van der Waals surface area contributed by atoms with Crippen LogP contribution in [-0.4, -0.2) is 26.3 Å². The molecule has 0 aliphatic heterocycles. The molecule has 0 heterocycles. The van der Waals surface area contributed by atoms with Gasteiger partial charge in [-0.3, -0.25) is 11.3 Å². The van der Waals surface area contributed by atoms with E-state index < -0.39 is 6.09 Å². The quantitative estimate of drug-likeness (QED) is 0.257. The first-order valence-electron chi connectivity index (χ1n) is 2.56. The van der Waals surface area contributed by atoms with Crippen LogP contribution in [0.5, 0.6) is 0 Å². The first-order valence-corrected chi connectivity index (χ1v) is 2.56. The second-order valence-corrected chi connectivity index (χ2v) is 1.37. The Morgan fingerprint density at radius 1 is 1.67 bits per heavy atom. The number of ether oxygens (including phenoxy) is 1. The normalized spacial score (nSPS) is 8.67. The van der Waals surface area contributed by atoms with E-state index in [4.69, 9.17) is 5.84 Å². The van der Waals surface area contributed by atoms with Gasteiger partial charge in [-0.25, -0.2) is 4.79 Å². The molecular weight excluding hydrogens is 122 g/mol. The Morgan fingerprint density at radius 2 is 2.33 bits per heavy atom. The SMILES string of the molecule is COC(=O)NCCNN. The van der Waals surface area contributed by atoms with E-state index in [1.807, 2.05) is 0 Å². The molecule has 0 atom stereocenters. The number of alkyl carbamates (subject to hydrolysis) is 1. The highest BCUT2D eigenvalue weighted by Gasteiger charge is 1.93. The molecule has 0 aliphatic carbocycles. The molecule has 0 aromatic rings. The number of rotatable bonds is 3. The summed E-state index contributed by atoms with van der Waals surface area (Å²) in [5.74, 6) is 4.91. The number of carbonyl (C=O) groups excluding carboxylic acids is 1. The average Bonchev–Trinajstić information content (AvgIpc) is 1.89. The highest BCUT2D eigenvalue weighted by Crippen LogP contribution is 1.66. The summed E-state index contributed by atoms with van der Waals surface area (Å²) in [6.07, 6.45) is -0.440. The molecule has 9 heavy (non-hydrogen) atoms. The summed E-state index contributed by atoms with van der Waals surface area (Å²) in [4.78, 5) is 10.3. The fraction of sp³-hybridized carbons (Fsp3) is 0.750. The topological polar surface area (TPSA) is 76.4 Å². The van der Waals surface area contributed by atoms with Crippen molar-refractivity contribution in [2.75, 3.05) is 20.2 Å². The van der Waals surface area contributed by atoms with E-state index in [2.05, 4.69) is 15.5 Å². The van der Waals surface area contributed by atoms with Crippen molar-refractivity contribution >= 4 is 6.09 Å². The molecule has 1 amide bonds. The van der Waals surface area contributed by atoms with Gasteiger partial charge in [0.25, 0.3) is 0 Å². The Bertz CT molecular complexity index is 85.9. The third kappa shape index (κ3) is 5.05. The molecule has 0 bridgehead atoms. The average molecular weight is 133 g/mol. The molecule has 0 rings (SSSR count). The number of hydrogen-bond acceptors (Lipinski definition) is 4. The molecule has 0 aromatic carbocycles. The van der Waals surface area contributed by atoms with E-state index in [9.17, 15) is 4.79 Å². The van der Waals surface area contributed by atoms with Crippen molar-refractivity contribution in [2.45, 2.75) is 0 Å². The first kappa shape index (κ1) is 8.19. The Morgan fingerprint density at radius 3 is 2.78 bits per heavy atom. The third-order valence-electron chi connectivity index (χ3n) is 0.724. The predicted octanol–water partition coefficient (Wildman–Crippen LogP) is -1.19. The summed E-state index contributed by atoms with van der Waals surface area (Å²) >= 11 is 0. The lowest BCUT2D eigenvalue weighted by atomic mass is 10.6. The summed E-state index contributed by atoms with van der Waals surface area (Å²) in [5.41, 5.74) is 2.38. The summed E-state index contributed by atoms with van der Waals surface area (Å²) in [7, 11) is 1.31. The van der Waals surface area contributed by atoms with Gasteiger partial charge in [0.2, 0.25) is 0 Å². The summed E-state index contributed by atoms with van der Waals surface area (Å²) in [5, 5.41) is 2.43. The van der Waals surface area contributed by atoms with Crippen molar-refractivity contribution in [2.24, 2.45) is 5.84 Å². The number of amides is 1. The zero-order chi connectivity index (χ0) is 7.11. The van der Waals surface area contributed by atoms with Crippen LogP contribution in [0.1, 0.15) is 0 Å². The minimum atomic E-state index is -0.440. The van der Waals surface area contributed by atoms with Gasteiger partial charge in [0, 0.05) is 13.1 Å². The summed E-state index contributed by atoms with van der Waals surface area (Å²) < 4.78 is 4.28. The largest absolute Gasteiger partial charge is 0.453 e. The smallest absolute Gasteiger partial charge is 0.406 e. The van der Waals surface area contributed by atoms with E-state index >= 15 is 0 Å². The minimum absolute atomic E-state index is 0.440. The molecule has 0 unspecified atom stereocenters. The second-order valence-electron chi connectivity index (χ2n) is 1.37. The zero-order valence-corrected chi connectivity index (χ0v) is 5.31. The van der Waals surface area contributed by atoms with Gasteiger partial charge >= 0.3 is 6.09 Å². The van der Waals surface area contributed by atoms with Crippen LogP contribution < -0.4 is 16.6 Å². The van der Waals surface area contributed by atoms with Gasteiger partial charge in [0.05, 0.1) is 7.11 Å². The van der Waals surface area contributed by atoms with Gasteiger partial charge in [0.15, 0.2) is 0 Å². The van der Waals surface area contributed by atoms with Crippen molar-refractivity contribution in [1.29, 1.82) is 0 Å². The van der Waals surface area contributed by atoms with E-state index in [-0.39, 0.29) is 0 Å². The van der Waals surface area contributed by atoms with Gasteiger partial charge in [-0.2, -0.15) is 0 Å². The van der Waals surface area contributed by atoms with Crippen molar-refractivity contribution in [1.82, 2.24) is 10.7 Å². The van der Waals surface area contributed by atoms with Crippen LogP contribution in [0.15, 0.2) is 0 Å². The van der Waals surface area contributed by atoms with E-state index in [0.717, 1.165) is 0 Å². The highest BCUT2D eigenvalue weighted by molar-refractivity contribution is 5.66. The van der Waals surface area contributed by atoms with Crippen LogP contribution >= 0.6 is 0 Å². The standard InChI is InChI=1S/C4H11N3O2/c1-9-4(8)6-2-3-7-5/h7H,2-3,5H2,1H3,(H,6,8). The molecular formula is C4H11N3O2. The van der Waals surface area contributed by atoms with Crippen LogP contribution in [0.2, 0.25) is 0 Å². The molecule has 0 saturated heterocycles. The number of nitrogens with one attached hydrogen (secondary N) is 2. The van der Waals surface area contributed by atoms with Gasteiger partial charge in [-0.15, -0.1) is 0 Å². The van der Waals surface area contributed by atoms with E-state index in [0.29, 0.717) is 13.1 Å². The predicted molar refractivity (Wildman–Crippen MR) is 32.6 cm³/mol. The number of hydrogen-bond donors (Lipinski definition) is 3. The Balaban J connectivity index is 2.97. The fourth-order valence-corrected chi connectivity index (χ4v) is 0.309. The van der Waals surface area contributed by atoms with Crippen LogP contribution in [0.4, 0.5) is 4.79 Å². The first-order chi connectivity index (χ1) is 4.31. The molecule has 0 aromatic heterocycles. The highest BCUT2D eigenvalue weighted by atomic mass is 16.5. The maximum Gasteiger partial charge on any atom is 0.406 e. The van der Waals surface area contributed by atoms with Crippen molar-refractivity contribution in [3.8, 4) is 0 Å². The monoisotopic (exact) mass is 133 g/mol. The van der Waals surface area contributed by atoms with Crippen LogP contribution in [0.3, 0.4) is 0 Å². The van der Waals surface area contributed by atoms with E-state index in [1.165, 1.54) is 7.11 Å². The number of carbonyl (C=O) groups is 1. The maximum atomic E-state index is 10.3. The lowest BCUT2D eigenvalue weighted by Gasteiger charge is -2.00. The van der Waals surface area contributed by atoms with Gasteiger partial charge in [0.1, 0.15) is 0 Å². The van der Waals surface area contributed by atoms with Crippen molar-refractivity contribution in [3.63, 3.8) is 0 Å².